The van der Waals surface area contributed by atoms with Crippen LogP contribution >= 0.6 is 0 Å². The van der Waals surface area contributed by atoms with Crippen LogP contribution in [-0.4, -0.2) is 21.8 Å². The number of hydrogen-bond donors (Lipinski definition) is 2. The first kappa shape index (κ1) is 14.9. The molecule has 2 rings (SSSR count). The zero-order chi connectivity index (χ0) is 15.2. The number of ether oxygens (including phenoxy) is 1. The molecule has 0 aliphatic rings. The van der Waals surface area contributed by atoms with Gasteiger partial charge in [-0.05, 0) is 44.2 Å². The van der Waals surface area contributed by atoms with Crippen LogP contribution in [0, 0.1) is 0 Å². The van der Waals surface area contributed by atoms with Gasteiger partial charge in [-0.15, -0.1) is 0 Å². The monoisotopic (exact) mass is 287 g/mol. The standard InChI is InChI=1S/C15H21N5O/c1-11(2)21-14-6-4-12(5-7-14)19-15(16)17-10-13-8-9-18-20(13)3/h4-9,11H,10H2,1-3H3,(H3,16,17,19). The van der Waals surface area contributed by atoms with Crippen LogP contribution < -0.4 is 15.8 Å². The Morgan fingerprint density at radius 1 is 1.33 bits per heavy atom. The van der Waals surface area contributed by atoms with Crippen LogP contribution in [0.1, 0.15) is 19.5 Å². The molecule has 2 aromatic rings. The summed E-state index contributed by atoms with van der Waals surface area (Å²) in [4.78, 5) is 4.28. The molecule has 0 aliphatic heterocycles. The largest absolute Gasteiger partial charge is 0.491 e. The van der Waals surface area contributed by atoms with Crippen molar-refractivity contribution in [1.82, 2.24) is 9.78 Å². The molecule has 1 aromatic heterocycles. The van der Waals surface area contributed by atoms with E-state index in [1.54, 1.807) is 10.9 Å². The molecule has 0 aliphatic carbocycles. The Balaban J connectivity index is 1.93. The number of guanidine groups is 1. The fourth-order valence-electron chi connectivity index (χ4n) is 1.80. The highest BCUT2D eigenvalue weighted by Gasteiger charge is 2.00. The predicted molar refractivity (Wildman–Crippen MR) is 84.4 cm³/mol. The third-order valence-corrected chi connectivity index (χ3v) is 2.83. The molecule has 0 fully saturated rings. The van der Waals surface area contributed by atoms with Crippen molar-refractivity contribution < 1.29 is 4.74 Å². The van der Waals surface area contributed by atoms with E-state index in [1.165, 1.54) is 0 Å². The number of aliphatic imine (C=N–C) groups is 1. The first-order valence-electron chi connectivity index (χ1n) is 6.85. The van der Waals surface area contributed by atoms with E-state index in [0.29, 0.717) is 12.5 Å². The summed E-state index contributed by atoms with van der Waals surface area (Å²) in [6, 6.07) is 9.52. The second-order valence-corrected chi connectivity index (χ2v) is 4.96. The van der Waals surface area contributed by atoms with Crippen molar-refractivity contribution in [3.05, 3.63) is 42.2 Å². The summed E-state index contributed by atoms with van der Waals surface area (Å²) < 4.78 is 7.36. The van der Waals surface area contributed by atoms with Crippen molar-refractivity contribution in [3.63, 3.8) is 0 Å². The minimum absolute atomic E-state index is 0.161. The molecule has 0 saturated heterocycles. The summed E-state index contributed by atoms with van der Waals surface area (Å²) in [5.41, 5.74) is 7.74. The van der Waals surface area contributed by atoms with Crippen molar-refractivity contribution in [2.75, 3.05) is 5.32 Å². The zero-order valence-corrected chi connectivity index (χ0v) is 12.6. The van der Waals surface area contributed by atoms with Gasteiger partial charge < -0.3 is 15.8 Å². The van der Waals surface area contributed by atoms with Crippen LogP contribution in [0.15, 0.2) is 41.5 Å². The number of nitrogens with one attached hydrogen (secondary N) is 1. The smallest absolute Gasteiger partial charge is 0.193 e. The topological polar surface area (TPSA) is 77.5 Å². The van der Waals surface area contributed by atoms with E-state index >= 15 is 0 Å². The molecular formula is C15H21N5O. The van der Waals surface area contributed by atoms with Crippen LogP contribution in [0.5, 0.6) is 5.75 Å². The first-order valence-corrected chi connectivity index (χ1v) is 6.85. The molecule has 112 valence electrons. The molecule has 0 saturated carbocycles. The van der Waals surface area contributed by atoms with Crippen LogP contribution in [0.25, 0.3) is 0 Å². The van der Waals surface area contributed by atoms with Gasteiger partial charge in [0.25, 0.3) is 0 Å². The molecule has 1 aromatic carbocycles. The van der Waals surface area contributed by atoms with Crippen LogP contribution in [0.3, 0.4) is 0 Å². The summed E-state index contributed by atoms with van der Waals surface area (Å²) in [6.45, 7) is 4.48. The summed E-state index contributed by atoms with van der Waals surface area (Å²) >= 11 is 0. The minimum Gasteiger partial charge on any atom is -0.491 e. The van der Waals surface area contributed by atoms with Crippen LogP contribution in [-0.2, 0) is 13.6 Å². The molecule has 6 nitrogen and oxygen atoms in total. The Morgan fingerprint density at radius 2 is 2.05 bits per heavy atom. The van der Waals surface area contributed by atoms with Crippen LogP contribution in [0.2, 0.25) is 0 Å². The molecule has 0 amide bonds. The predicted octanol–water partition coefficient (Wildman–Crippen LogP) is 2.13. The van der Waals surface area contributed by atoms with Gasteiger partial charge in [0.15, 0.2) is 5.96 Å². The number of benzene rings is 1. The van der Waals surface area contributed by atoms with Gasteiger partial charge in [0.05, 0.1) is 18.3 Å². The van der Waals surface area contributed by atoms with Crippen molar-refractivity contribution >= 4 is 11.6 Å². The van der Waals surface area contributed by atoms with Crippen molar-refractivity contribution in [2.45, 2.75) is 26.5 Å². The number of aryl methyl sites for hydroxylation is 1. The van der Waals surface area contributed by atoms with Crippen molar-refractivity contribution in [1.29, 1.82) is 0 Å². The lowest BCUT2D eigenvalue weighted by molar-refractivity contribution is 0.242. The summed E-state index contributed by atoms with van der Waals surface area (Å²) in [6.07, 6.45) is 1.90. The Morgan fingerprint density at radius 3 is 2.62 bits per heavy atom. The number of hydrogen-bond acceptors (Lipinski definition) is 3. The molecule has 0 bridgehead atoms. The number of nitrogens with two attached hydrogens (primary N) is 1. The van der Waals surface area contributed by atoms with E-state index in [9.17, 15) is 0 Å². The molecule has 21 heavy (non-hydrogen) atoms. The van der Waals surface area contributed by atoms with Gasteiger partial charge in [0, 0.05) is 18.9 Å². The summed E-state index contributed by atoms with van der Waals surface area (Å²) in [5.74, 6) is 1.20. The van der Waals surface area contributed by atoms with Crippen molar-refractivity contribution in [3.8, 4) is 5.75 Å². The number of aromatic nitrogens is 2. The molecule has 0 atom stereocenters. The van der Waals surface area contributed by atoms with Crippen LogP contribution in [0.4, 0.5) is 5.69 Å². The maximum atomic E-state index is 5.87. The van der Waals surface area contributed by atoms with Gasteiger partial charge in [-0.1, -0.05) is 0 Å². The first-order chi connectivity index (χ1) is 10.0. The third kappa shape index (κ3) is 4.52. The van der Waals surface area contributed by atoms with Gasteiger partial charge in [0.2, 0.25) is 0 Å². The van der Waals surface area contributed by atoms with Gasteiger partial charge in [-0.25, -0.2) is 4.99 Å². The maximum absolute atomic E-state index is 5.87. The van der Waals surface area contributed by atoms with Gasteiger partial charge in [0.1, 0.15) is 5.75 Å². The van der Waals surface area contributed by atoms with E-state index < -0.39 is 0 Å². The number of nitrogens with zero attached hydrogens (tertiary/aromatic N) is 3. The molecule has 0 radical (unpaired) electrons. The summed E-state index contributed by atoms with van der Waals surface area (Å²) in [7, 11) is 1.88. The molecule has 0 spiro atoms. The van der Waals surface area contributed by atoms with Gasteiger partial charge in [-0.3, -0.25) is 4.68 Å². The third-order valence-electron chi connectivity index (χ3n) is 2.83. The van der Waals surface area contributed by atoms with Gasteiger partial charge >= 0.3 is 0 Å². The highest BCUT2D eigenvalue weighted by Crippen LogP contribution is 2.16. The van der Waals surface area contributed by atoms with E-state index in [-0.39, 0.29) is 6.10 Å². The van der Waals surface area contributed by atoms with E-state index in [2.05, 4.69) is 15.4 Å². The average Bonchev–Trinajstić information content (AvgIpc) is 2.84. The summed E-state index contributed by atoms with van der Waals surface area (Å²) in [5, 5.41) is 7.13. The lowest BCUT2D eigenvalue weighted by Crippen LogP contribution is -2.22. The lowest BCUT2D eigenvalue weighted by atomic mass is 10.3. The molecule has 0 unspecified atom stereocenters. The van der Waals surface area contributed by atoms with E-state index in [4.69, 9.17) is 10.5 Å². The molecule has 3 N–H and O–H groups in total. The Hall–Kier alpha value is -2.50. The minimum atomic E-state index is 0.161. The van der Waals surface area contributed by atoms with Crippen molar-refractivity contribution in [2.24, 2.45) is 17.8 Å². The van der Waals surface area contributed by atoms with E-state index in [1.807, 2.05) is 51.2 Å². The molecular weight excluding hydrogens is 266 g/mol. The maximum Gasteiger partial charge on any atom is 0.193 e. The highest BCUT2D eigenvalue weighted by atomic mass is 16.5. The SMILES string of the molecule is CC(C)Oc1ccc(NC(N)=NCc2ccnn2C)cc1. The van der Waals surface area contributed by atoms with E-state index in [0.717, 1.165) is 17.1 Å². The number of rotatable bonds is 5. The Labute approximate surface area is 124 Å². The lowest BCUT2D eigenvalue weighted by Gasteiger charge is -2.11. The molecule has 6 heteroatoms. The highest BCUT2D eigenvalue weighted by molar-refractivity contribution is 5.92. The second kappa shape index (κ2) is 6.78. The zero-order valence-electron chi connectivity index (χ0n) is 12.6. The van der Waals surface area contributed by atoms with Gasteiger partial charge in [-0.2, -0.15) is 5.10 Å². The average molecular weight is 287 g/mol. The second-order valence-electron chi connectivity index (χ2n) is 4.96. The Kier molecular flexibility index (Phi) is 4.81. The Bertz CT molecular complexity index is 601. The fourth-order valence-corrected chi connectivity index (χ4v) is 1.80. The molecule has 1 heterocycles. The normalized spacial score (nSPS) is 11.7. The number of anilines is 1. The fraction of sp³-hybridized carbons (Fsp3) is 0.333. The quantitative estimate of drug-likeness (QED) is 0.652.